The number of hydrogen-bond donors (Lipinski definition) is 1. The highest BCUT2D eigenvalue weighted by atomic mass is 16.4. The normalized spacial score (nSPS) is 16.4. The molecule has 0 radical (unpaired) electrons. The Hall–Kier alpha value is -1.06. The van der Waals surface area contributed by atoms with E-state index in [9.17, 15) is 9.59 Å². The molecule has 1 aliphatic rings. The van der Waals surface area contributed by atoms with Gasteiger partial charge in [0.05, 0.1) is 0 Å². The maximum Gasteiger partial charge on any atom is 0.326 e. The molecule has 1 heterocycles. The first-order valence-corrected chi connectivity index (χ1v) is 12.7. The highest BCUT2D eigenvalue weighted by molar-refractivity contribution is 5.84. The zero-order valence-electron chi connectivity index (χ0n) is 19.1. The van der Waals surface area contributed by atoms with Crippen LogP contribution >= 0.6 is 0 Å². The van der Waals surface area contributed by atoms with Gasteiger partial charge in [-0.1, -0.05) is 110 Å². The number of carbonyl (C=O) groups excluding carboxylic acids is 1. The number of likely N-dealkylation sites (tertiary alicyclic amines) is 1. The van der Waals surface area contributed by atoms with Crippen LogP contribution < -0.4 is 0 Å². The molecule has 4 nitrogen and oxygen atoms in total. The van der Waals surface area contributed by atoms with Crippen LogP contribution in [0.1, 0.15) is 135 Å². The van der Waals surface area contributed by atoms with Crippen molar-refractivity contribution in [3.8, 4) is 0 Å². The lowest BCUT2D eigenvalue weighted by molar-refractivity contribution is -0.148. The van der Waals surface area contributed by atoms with Gasteiger partial charge in [-0.3, -0.25) is 4.79 Å². The van der Waals surface area contributed by atoms with Gasteiger partial charge in [-0.15, -0.1) is 0 Å². The van der Waals surface area contributed by atoms with Crippen LogP contribution in [0.2, 0.25) is 0 Å². The van der Waals surface area contributed by atoms with E-state index in [2.05, 4.69) is 6.92 Å². The van der Waals surface area contributed by atoms with Gasteiger partial charge in [-0.25, -0.2) is 4.79 Å². The monoisotopic (exact) mass is 409 g/mol. The minimum atomic E-state index is -0.849. The fourth-order valence-corrected chi connectivity index (χ4v) is 4.47. The number of rotatable bonds is 19. The zero-order chi connectivity index (χ0) is 21.2. The Bertz CT molecular complexity index is 424. The van der Waals surface area contributed by atoms with E-state index in [0.717, 1.165) is 19.3 Å². The van der Waals surface area contributed by atoms with Gasteiger partial charge in [0.2, 0.25) is 5.91 Å². The number of carboxylic acids is 1. The summed E-state index contributed by atoms with van der Waals surface area (Å²) in [6, 6.07) is -0.576. The average molecular weight is 410 g/mol. The Labute approximate surface area is 179 Å². The zero-order valence-corrected chi connectivity index (χ0v) is 19.1. The third-order valence-electron chi connectivity index (χ3n) is 6.35. The summed E-state index contributed by atoms with van der Waals surface area (Å²) in [7, 11) is 0. The first-order chi connectivity index (χ1) is 14.2. The van der Waals surface area contributed by atoms with Crippen molar-refractivity contribution in [3.63, 3.8) is 0 Å². The summed E-state index contributed by atoms with van der Waals surface area (Å²) in [6.07, 6.45) is 24.6. The van der Waals surface area contributed by atoms with Crippen molar-refractivity contribution >= 4 is 11.9 Å². The third kappa shape index (κ3) is 13.0. The highest BCUT2D eigenvalue weighted by Crippen LogP contribution is 2.20. The van der Waals surface area contributed by atoms with Crippen LogP contribution in [-0.4, -0.2) is 34.5 Å². The fraction of sp³-hybridized carbons (Fsp3) is 0.920. The van der Waals surface area contributed by atoms with Gasteiger partial charge < -0.3 is 10.0 Å². The quantitative estimate of drug-likeness (QED) is 0.231. The van der Waals surface area contributed by atoms with Gasteiger partial charge in [-0.05, 0) is 19.3 Å². The third-order valence-corrected chi connectivity index (χ3v) is 6.35. The van der Waals surface area contributed by atoms with Crippen molar-refractivity contribution in [1.82, 2.24) is 4.90 Å². The summed E-state index contributed by atoms with van der Waals surface area (Å²) in [5.74, 6) is -0.811. The summed E-state index contributed by atoms with van der Waals surface area (Å²) in [4.78, 5) is 24.9. The molecule has 0 saturated carbocycles. The molecule has 1 fully saturated rings. The Kier molecular flexibility index (Phi) is 15.9. The molecular weight excluding hydrogens is 362 g/mol. The molecule has 1 amide bonds. The molecule has 1 saturated heterocycles. The lowest BCUT2D eigenvalue weighted by Crippen LogP contribution is -2.40. The van der Waals surface area contributed by atoms with E-state index in [-0.39, 0.29) is 5.91 Å². The van der Waals surface area contributed by atoms with Crippen molar-refractivity contribution in [1.29, 1.82) is 0 Å². The molecule has 0 bridgehead atoms. The van der Waals surface area contributed by atoms with E-state index in [1.165, 1.54) is 96.3 Å². The van der Waals surface area contributed by atoms with Crippen LogP contribution in [-0.2, 0) is 9.59 Å². The molecule has 1 aliphatic heterocycles. The van der Waals surface area contributed by atoms with Gasteiger partial charge in [0.15, 0.2) is 0 Å². The van der Waals surface area contributed by atoms with Crippen LogP contribution in [0, 0.1) is 0 Å². The van der Waals surface area contributed by atoms with Crippen molar-refractivity contribution in [2.75, 3.05) is 6.54 Å². The lowest BCUT2D eigenvalue weighted by atomic mass is 10.0. The van der Waals surface area contributed by atoms with E-state index in [1.807, 2.05) is 0 Å². The second-order valence-electron chi connectivity index (χ2n) is 8.99. The van der Waals surface area contributed by atoms with Gasteiger partial charge >= 0.3 is 5.97 Å². The van der Waals surface area contributed by atoms with Gasteiger partial charge in [0.25, 0.3) is 0 Å². The average Bonchev–Trinajstić information content (AvgIpc) is 3.20. The molecular formula is C25H47NO3. The van der Waals surface area contributed by atoms with Crippen molar-refractivity contribution < 1.29 is 14.7 Å². The topological polar surface area (TPSA) is 57.6 Å². The maximum atomic E-state index is 12.2. The van der Waals surface area contributed by atoms with Gasteiger partial charge in [0, 0.05) is 13.0 Å². The van der Waals surface area contributed by atoms with Crippen LogP contribution in [0.5, 0.6) is 0 Å². The first-order valence-electron chi connectivity index (χ1n) is 12.7. The minimum absolute atomic E-state index is 0.0378. The Morgan fingerprint density at radius 2 is 1.14 bits per heavy atom. The van der Waals surface area contributed by atoms with E-state index in [4.69, 9.17) is 5.11 Å². The number of unbranched alkanes of at least 4 members (excludes halogenated alkanes) is 16. The molecule has 4 heteroatoms. The first kappa shape index (κ1) is 26.0. The highest BCUT2D eigenvalue weighted by Gasteiger charge is 2.33. The molecule has 1 N–H and O–H groups in total. The molecule has 0 aromatic carbocycles. The molecule has 0 aromatic rings. The van der Waals surface area contributed by atoms with E-state index < -0.39 is 12.0 Å². The molecule has 1 atom stereocenters. The SMILES string of the molecule is CCCCCCCCCCCCCCCCCCCC(=O)N1CCCC1C(=O)O. The maximum absolute atomic E-state index is 12.2. The smallest absolute Gasteiger partial charge is 0.326 e. The van der Waals surface area contributed by atoms with Crippen LogP contribution in [0.15, 0.2) is 0 Å². The summed E-state index contributed by atoms with van der Waals surface area (Å²) in [6.45, 7) is 2.90. The second kappa shape index (κ2) is 17.8. The van der Waals surface area contributed by atoms with E-state index in [0.29, 0.717) is 19.4 Å². The Balaban J connectivity index is 1.80. The van der Waals surface area contributed by atoms with Crippen LogP contribution in [0.4, 0.5) is 0 Å². The van der Waals surface area contributed by atoms with Gasteiger partial charge in [0.1, 0.15) is 6.04 Å². The summed E-state index contributed by atoms with van der Waals surface area (Å²) in [5, 5.41) is 9.16. The largest absolute Gasteiger partial charge is 0.480 e. The van der Waals surface area contributed by atoms with Gasteiger partial charge in [-0.2, -0.15) is 0 Å². The Morgan fingerprint density at radius 1 is 0.724 bits per heavy atom. The fourth-order valence-electron chi connectivity index (χ4n) is 4.47. The molecule has 170 valence electrons. The second-order valence-corrected chi connectivity index (χ2v) is 8.99. The molecule has 0 aliphatic carbocycles. The predicted molar refractivity (Wildman–Crippen MR) is 121 cm³/mol. The number of amides is 1. The lowest BCUT2D eigenvalue weighted by Gasteiger charge is -2.21. The van der Waals surface area contributed by atoms with Crippen molar-refractivity contribution in [2.24, 2.45) is 0 Å². The number of carbonyl (C=O) groups is 2. The Morgan fingerprint density at radius 3 is 1.55 bits per heavy atom. The van der Waals surface area contributed by atoms with Crippen molar-refractivity contribution in [3.05, 3.63) is 0 Å². The standard InChI is InChI=1S/C25H47NO3/c1-2-3-4-5-6-7-8-9-10-11-12-13-14-15-16-17-18-21-24(27)26-22-19-20-23(26)25(28)29/h23H,2-22H2,1H3,(H,28,29). The molecule has 0 aromatic heterocycles. The van der Waals surface area contributed by atoms with Crippen LogP contribution in [0.25, 0.3) is 0 Å². The van der Waals surface area contributed by atoms with E-state index in [1.54, 1.807) is 4.90 Å². The summed E-state index contributed by atoms with van der Waals surface area (Å²) < 4.78 is 0. The molecule has 29 heavy (non-hydrogen) atoms. The summed E-state index contributed by atoms with van der Waals surface area (Å²) >= 11 is 0. The number of aliphatic carboxylic acids is 1. The van der Waals surface area contributed by atoms with E-state index >= 15 is 0 Å². The number of hydrogen-bond acceptors (Lipinski definition) is 2. The molecule has 1 rings (SSSR count). The number of carboxylic acid groups (broad SMARTS) is 1. The summed E-state index contributed by atoms with van der Waals surface area (Å²) in [5.41, 5.74) is 0. The van der Waals surface area contributed by atoms with Crippen molar-refractivity contribution in [2.45, 2.75) is 141 Å². The molecule has 0 spiro atoms. The predicted octanol–water partition coefficient (Wildman–Crippen LogP) is 7.10. The minimum Gasteiger partial charge on any atom is -0.480 e. The number of nitrogens with zero attached hydrogens (tertiary/aromatic N) is 1. The van der Waals surface area contributed by atoms with Crippen LogP contribution in [0.3, 0.4) is 0 Å². The molecule has 1 unspecified atom stereocenters.